The molecule has 27 heavy (non-hydrogen) atoms. The van der Waals surface area contributed by atoms with Crippen LogP contribution in [0.15, 0.2) is 42.6 Å². The van der Waals surface area contributed by atoms with E-state index in [1.54, 1.807) is 30.5 Å². The number of benzene rings is 2. The number of H-pyrrole nitrogens is 1. The third-order valence-corrected chi connectivity index (χ3v) is 4.83. The molecule has 1 aliphatic heterocycles. The van der Waals surface area contributed by atoms with Crippen LogP contribution in [0.4, 0.5) is 4.39 Å². The summed E-state index contributed by atoms with van der Waals surface area (Å²) in [5, 5.41) is 10.7. The molecule has 2 amide bonds. The maximum absolute atomic E-state index is 13.8. The minimum absolute atomic E-state index is 0.180. The van der Waals surface area contributed by atoms with Gasteiger partial charge in [0.05, 0.1) is 11.1 Å². The summed E-state index contributed by atoms with van der Waals surface area (Å²) in [5.74, 6) is -1.14. The quantitative estimate of drug-likeness (QED) is 0.536. The number of aliphatic hydroxyl groups is 1. The lowest BCUT2D eigenvalue weighted by molar-refractivity contribution is -0.0760. The molecule has 1 aliphatic rings. The summed E-state index contributed by atoms with van der Waals surface area (Å²) in [7, 11) is 1.33. The Kier molecular flexibility index (Phi) is 4.25. The van der Waals surface area contributed by atoms with E-state index in [1.807, 2.05) is 0 Å². The molecule has 1 aromatic heterocycles. The molecule has 4 rings (SSSR count). The fraction of sp³-hybridized carbons (Fsp3) is 0.200. The van der Waals surface area contributed by atoms with Gasteiger partial charge in [0, 0.05) is 36.3 Å². The molecule has 0 aliphatic carbocycles. The number of carbonyl (C=O) groups is 2. The zero-order valence-electron chi connectivity index (χ0n) is 14.5. The number of hydrogen-bond acceptors (Lipinski definition) is 4. The Morgan fingerprint density at radius 2 is 1.85 bits per heavy atom. The molecule has 138 valence electrons. The maximum atomic E-state index is 13.8. The highest BCUT2D eigenvalue weighted by Crippen LogP contribution is 2.30. The second kappa shape index (κ2) is 6.61. The van der Waals surface area contributed by atoms with Crippen LogP contribution in [0.5, 0.6) is 0 Å². The van der Waals surface area contributed by atoms with Crippen molar-refractivity contribution >= 4 is 22.7 Å². The van der Waals surface area contributed by atoms with E-state index in [4.69, 9.17) is 4.74 Å². The molecule has 2 heterocycles. The van der Waals surface area contributed by atoms with Gasteiger partial charge < -0.3 is 14.8 Å². The zero-order chi connectivity index (χ0) is 19.1. The van der Waals surface area contributed by atoms with Crippen molar-refractivity contribution in [2.45, 2.75) is 12.7 Å². The Hall–Kier alpha value is -3.03. The van der Waals surface area contributed by atoms with Gasteiger partial charge in [-0.2, -0.15) is 0 Å². The summed E-state index contributed by atoms with van der Waals surface area (Å²) >= 11 is 0. The van der Waals surface area contributed by atoms with Crippen molar-refractivity contribution in [3.63, 3.8) is 0 Å². The number of carbonyl (C=O) groups excluding carboxylic acids is 2. The first-order valence-electron chi connectivity index (χ1n) is 8.46. The fourth-order valence-corrected chi connectivity index (χ4v) is 3.53. The van der Waals surface area contributed by atoms with Gasteiger partial charge in [0.15, 0.2) is 6.29 Å². The maximum Gasteiger partial charge on any atom is 0.261 e. The fourth-order valence-electron chi connectivity index (χ4n) is 3.53. The second-order valence-electron chi connectivity index (χ2n) is 6.38. The number of ether oxygens (including phenoxy) is 1. The van der Waals surface area contributed by atoms with Crippen molar-refractivity contribution in [2.75, 3.05) is 13.7 Å². The predicted octanol–water partition coefficient (Wildman–Crippen LogP) is 2.78. The Morgan fingerprint density at radius 3 is 2.48 bits per heavy atom. The highest BCUT2D eigenvalue weighted by atomic mass is 19.1. The number of rotatable bonds is 5. The Balaban J connectivity index is 1.64. The van der Waals surface area contributed by atoms with Gasteiger partial charge in [-0.15, -0.1) is 0 Å². The van der Waals surface area contributed by atoms with Gasteiger partial charge in [-0.1, -0.05) is 12.1 Å². The third-order valence-electron chi connectivity index (χ3n) is 4.83. The van der Waals surface area contributed by atoms with E-state index >= 15 is 0 Å². The van der Waals surface area contributed by atoms with Crippen molar-refractivity contribution in [3.8, 4) is 0 Å². The SMILES string of the molecule is COC(O)c1cc(F)cc2[nH]cc(CCN3C(=O)c4ccccc4C3=O)c12. The molecule has 7 heteroatoms. The summed E-state index contributed by atoms with van der Waals surface area (Å²) < 4.78 is 18.7. The molecule has 2 aromatic carbocycles. The van der Waals surface area contributed by atoms with Crippen molar-refractivity contribution in [2.24, 2.45) is 0 Å². The highest BCUT2D eigenvalue weighted by molar-refractivity contribution is 6.21. The number of aromatic nitrogens is 1. The molecule has 0 bridgehead atoms. The molecular formula is C20H17FN2O4. The molecule has 1 unspecified atom stereocenters. The summed E-state index contributed by atoms with van der Waals surface area (Å²) in [6.45, 7) is 0.180. The number of methoxy groups -OCH3 is 1. The average Bonchev–Trinajstić information content (AvgIpc) is 3.18. The monoisotopic (exact) mass is 368 g/mol. The Labute approximate surface area is 154 Å². The number of hydrogen-bond donors (Lipinski definition) is 2. The normalized spacial score (nSPS) is 14.9. The van der Waals surface area contributed by atoms with E-state index in [-0.39, 0.29) is 18.4 Å². The van der Waals surface area contributed by atoms with Gasteiger partial charge >= 0.3 is 0 Å². The van der Waals surface area contributed by atoms with Crippen LogP contribution in [-0.2, 0) is 11.2 Å². The van der Waals surface area contributed by atoms with Crippen molar-refractivity contribution in [1.82, 2.24) is 9.88 Å². The molecule has 0 spiro atoms. The van der Waals surface area contributed by atoms with Crippen molar-refractivity contribution in [1.29, 1.82) is 0 Å². The van der Waals surface area contributed by atoms with Crippen LogP contribution in [0.25, 0.3) is 10.9 Å². The largest absolute Gasteiger partial charge is 0.364 e. The second-order valence-corrected chi connectivity index (χ2v) is 6.38. The first kappa shape index (κ1) is 17.4. The number of imide groups is 1. The highest BCUT2D eigenvalue weighted by Gasteiger charge is 2.34. The summed E-state index contributed by atoms with van der Waals surface area (Å²) in [6, 6.07) is 9.26. The molecule has 0 fully saturated rings. The van der Waals surface area contributed by atoms with Crippen LogP contribution in [0.1, 0.15) is 38.1 Å². The first-order valence-corrected chi connectivity index (χ1v) is 8.46. The number of aliphatic hydroxyl groups excluding tert-OH is 1. The van der Waals surface area contributed by atoms with Crippen LogP contribution in [-0.4, -0.2) is 40.5 Å². The van der Waals surface area contributed by atoms with Gasteiger partial charge in [0.2, 0.25) is 0 Å². The third kappa shape index (κ3) is 2.81. The first-order chi connectivity index (χ1) is 13.0. The number of aromatic amines is 1. The van der Waals surface area contributed by atoms with Crippen LogP contribution < -0.4 is 0 Å². The van der Waals surface area contributed by atoms with Crippen LogP contribution in [0, 0.1) is 5.82 Å². The van der Waals surface area contributed by atoms with Crippen molar-refractivity contribution < 1.29 is 23.8 Å². The lowest BCUT2D eigenvalue weighted by Crippen LogP contribution is -2.31. The number of nitrogens with zero attached hydrogens (tertiary/aromatic N) is 1. The summed E-state index contributed by atoms with van der Waals surface area (Å²) in [6.07, 6.45) is 0.770. The molecule has 3 aromatic rings. The van der Waals surface area contributed by atoms with E-state index in [2.05, 4.69) is 4.98 Å². The van der Waals surface area contributed by atoms with Gasteiger partial charge in [-0.05, 0) is 36.2 Å². The Morgan fingerprint density at radius 1 is 1.19 bits per heavy atom. The van der Waals surface area contributed by atoms with Gasteiger partial charge in [-0.3, -0.25) is 14.5 Å². The van der Waals surface area contributed by atoms with Gasteiger partial charge in [0.25, 0.3) is 11.8 Å². The minimum atomic E-state index is -1.28. The zero-order valence-corrected chi connectivity index (χ0v) is 14.5. The van der Waals surface area contributed by atoms with Crippen molar-refractivity contribution in [3.05, 3.63) is 70.7 Å². The van der Waals surface area contributed by atoms with E-state index < -0.39 is 12.1 Å². The van der Waals surface area contributed by atoms with E-state index in [0.29, 0.717) is 34.0 Å². The number of fused-ring (bicyclic) bond motifs is 2. The number of nitrogens with one attached hydrogen (secondary N) is 1. The van der Waals surface area contributed by atoms with E-state index in [1.165, 1.54) is 24.1 Å². The van der Waals surface area contributed by atoms with Gasteiger partial charge in [0.1, 0.15) is 5.82 Å². The van der Waals surface area contributed by atoms with Crippen LogP contribution in [0.3, 0.4) is 0 Å². The summed E-state index contributed by atoms with van der Waals surface area (Å²) in [5.41, 5.74) is 2.37. The number of halogens is 1. The van der Waals surface area contributed by atoms with Crippen LogP contribution >= 0.6 is 0 Å². The van der Waals surface area contributed by atoms with E-state index in [0.717, 1.165) is 5.56 Å². The number of amides is 2. The predicted molar refractivity (Wildman–Crippen MR) is 95.7 cm³/mol. The molecule has 0 radical (unpaired) electrons. The smallest absolute Gasteiger partial charge is 0.261 e. The molecule has 2 N–H and O–H groups in total. The molecule has 6 nitrogen and oxygen atoms in total. The Bertz CT molecular complexity index is 1020. The summed E-state index contributed by atoms with van der Waals surface area (Å²) in [4.78, 5) is 29.1. The standard InChI is InChI=1S/C20H17FN2O4/c1-27-20(26)15-8-12(21)9-16-17(15)11(10-22-16)6-7-23-18(24)13-4-2-3-5-14(13)19(23)25/h2-5,8-10,20,22,26H,6-7H2,1H3. The molecule has 0 saturated carbocycles. The lowest BCUT2D eigenvalue weighted by atomic mass is 10.0. The molecular weight excluding hydrogens is 351 g/mol. The van der Waals surface area contributed by atoms with E-state index in [9.17, 15) is 19.1 Å². The van der Waals surface area contributed by atoms with Gasteiger partial charge in [-0.25, -0.2) is 4.39 Å². The topological polar surface area (TPSA) is 82.6 Å². The molecule has 0 saturated heterocycles. The minimum Gasteiger partial charge on any atom is -0.364 e. The lowest BCUT2D eigenvalue weighted by Gasteiger charge is -2.15. The van der Waals surface area contributed by atoms with Crippen LogP contribution in [0.2, 0.25) is 0 Å². The average molecular weight is 368 g/mol. The molecule has 1 atom stereocenters.